The smallest absolute Gasteiger partial charge is 0.345 e. The third-order valence-electron chi connectivity index (χ3n) is 3.00. The van der Waals surface area contributed by atoms with Crippen molar-refractivity contribution in [2.24, 2.45) is 0 Å². The first kappa shape index (κ1) is 16.5. The molecule has 0 spiro atoms. The summed E-state index contributed by atoms with van der Waals surface area (Å²) in [6.07, 6.45) is -4.40. The highest BCUT2D eigenvalue weighted by molar-refractivity contribution is 5.83. The number of benzene rings is 1. The van der Waals surface area contributed by atoms with E-state index in [9.17, 15) is 18.0 Å². The Hall–Kier alpha value is -1.56. The molecule has 1 N–H and O–H groups in total. The highest BCUT2D eigenvalue weighted by atomic mass is 19.4. The molecule has 112 valence electrons. The Kier molecular flexibility index (Phi) is 6.01. The zero-order valence-electron chi connectivity index (χ0n) is 11.6. The van der Waals surface area contributed by atoms with Crippen molar-refractivity contribution >= 4 is 5.91 Å². The summed E-state index contributed by atoms with van der Waals surface area (Å²) in [7, 11) is 0. The van der Waals surface area contributed by atoms with Gasteiger partial charge in [-0.05, 0) is 18.7 Å². The molecule has 1 rings (SSSR count). The molecule has 0 fully saturated rings. The minimum atomic E-state index is -4.40. The summed E-state index contributed by atoms with van der Waals surface area (Å²) in [6.45, 7) is 3.59. The predicted molar refractivity (Wildman–Crippen MR) is 71.2 cm³/mol. The van der Waals surface area contributed by atoms with Gasteiger partial charge in [-0.2, -0.15) is 13.2 Å². The molecular weight excluding hydrogens is 269 g/mol. The highest BCUT2D eigenvalue weighted by Gasteiger charge is 2.31. The van der Waals surface area contributed by atoms with E-state index >= 15 is 0 Å². The molecule has 0 radical (unpaired) electrons. The van der Waals surface area contributed by atoms with Crippen LogP contribution in [0.4, 0.5) is 13.2 Å². The van der Waals surface area contributed by atoms with E-state index in [0.717, 1.165) is 0 Å². The molecule has 1 aromatic carbocycles. The van der Waals surface area contributed by atoms with E-state index in [1.807, 2.05) is 24.1 Å². The van der Waals surface area contributed by atoms with Crippen molar-refractivity contribution in [2.45, 2.75) is 26.1 Å². The molecule has 0 saturated carbocycles. The second-order valence-corrected chi connectivity index (χ2v) is 4.37. The van der Waals surface area contributed by atoms with Crippen LogP contribution in [-0.2, 0) is 4.79 Å². The number of hydrogen-bond acceptors (Lipinski definition) is 2. The van der Waals surface area contributed by atoms with Crippen molar-refractivity contribution in [3.05, 3.63) is 35.9 Å². The summed E-state index contributed by atoms with van der Waals surface area (Å²) in [5, 5.41) is 1.96. The monoisotopic (exact) mass is 288 g/mol. The number of nitrogens with one attached hydrogen (secondary N) is 1. The summed E-state index contributed by atoms with van der Waals surface area (Å²) in [4.78, 5) is 13.9. The second-order valence-electron chi connectivity index (χ2n) is 4.37. The summed E-state index contributed by atoms with van der Waals surface area (Å²) in [6, 6.07) is 8.13. The van der Waals surface area contributed by atoms with Crippen LogP contribution in [0.5, 0.6) is 0 Å². The van der Waals surface area contributed by atoms with Gasteiger partial charge >= 0.3 is 6.18 Å². The number of alkyl halides is 3. The standard InChI is InChI=1S/C14H19F3N2O/c1-3-19(4-2)12(11-8-6-5-7-9-11)13(20)18-10-14(15,16)17/h5-9,12H,3-4,10H2,1-2H3,(H,18,20)/t12-/m0/s1. The fraction of sp³-hybridized carbons (Fsp3) is 0.500. The van der Waals surface area contributed by atoms with Gasteiger partial charge in [0.2, 0.25) is 5.91 Å². The lowest BCUT2D eigenvalue weighted by Crippen LogP contribution is -2.43. The van der Waals surface area contributed by atoms with E-state index < -0.39 is 24.7 Å². The summed E-state index contributed by atoms with van der Waals surface area (Å²) >= 11 is 0. The molecule has 1 aromatic rings. The maximum Gasteiger partial charge on any atom is 0.405 e. The Morgan fingerprint density at radius 1 is 1.20 bits per heavy atom. The molecule has 3 nitrogen and oxygen atoms in total. The maximum atomic E-state index is 12.2. The van der Waals surface area contributed by atoms with E-state index in [4.69, 9.17) is 0 Å². The lowest BCUT2D eigenvalue weighted by molar-refractivity contribution is -0.141. The van der Waals surface area contributed by atoms with Crippen molar-refractivity contribution < 1.29 is 18.0 Å². The quantitative estimate of drug-likeness (QED) is 0.873. The van der Waals surface area contributed by atoms with Crippen LogP contribution in [0.25, 0.3) is 0 Å². The average Bonchev–Trinajstić information content (AvgIpc) is 2.42. The summed E-state index contributed by atoms with van der Waals surface area (Å²) in [5.41, 5.74) is 0.691. The van der Waals surface area contributed by atoms with E-state index in [2.05, 4.69) is 0 Å². The number of nitrogens with zero attached hydrogens (tertiary/aromatic N) is 1. The lowest BCUT2D eigenvalue weighted by atomic mass is 10.0. The second kappa shape index (κ2) is 7.28. The van der Waals surface area contributed by atoms with Gasteiger partial charge in [0.05, 0.1) is 0 Å². The number of halogens is 3. The minimum Gasteiger partial charge on any atom is -0.345 e. The van der Waals surface area contributed by atoms with Crippen molar-refractivity contribution in [2.75, 3.05) is 19.6 Å². The zero-order valence-corrected chi connectivity index (χ0v) is 11.6. The van der Waals surface area contributed by atoms with Crippen LogP contribution in [0.1, 0.15) is 25.5 Å². The Morgan fingerprint density at radius 2 is 1.75 bits per heavy atom. The molecule has 6 heteroatoms. The fourth-order valence-corrected chi connectivity index (χ4v) is 2.04. The number of carbonyl (C=O) groups excluding carboxylic acids is 1. The van der Waals surface area contributed by atoms with Crippen LogP contribution in [0, 0.1) is 0 Å². The van der Waals surface area contributed by atoms with Crippen molar-refractivity contribution in [1.82, 2.24) is 10.2 Å². The van der Waals surface area contributed by atoms with Crippen LogP contribution < -0.4 is 5.32 Å². The SMILES string of the molecule is CCN(CC)[C@H](C(=O)NCC(F)(F)F)c1ccccc1. The molecule has 0 heterocycles. The van der Waals surface area contributed by atoms with Crippen LogP contribution in [-0.4, -0.2) is 36.6 Å². The Balaban J connectivity index is 2.91. The number of carbonyl (C=O) groups is 1. The van der Waals surface area contributed by atoms with Gasteiger partial charge in [-0.25, -0.2) is 0 Å². The van der Waals surface area contributed by atoms with E-state index in [-0.39, 0.29) is 0 Å². The van der Waals surface area contributed by atoms with Gasteiger partial charge in [-0.1, -0.05) is 44.2 Å². The summed E-state index contributed by atoms with van der Waals surface area (Å²) < 4.78 is 36.7. The average molecular weight is 288 g/mol. The van der Waals surface area contributed by atoms with Crippen LogP contribution in [0.3, 0.4) is 0 Å². The fourth-order valence-electron chi connectivity index (χ4n) is 2.04. The van der Waals surface area contributed by atoms with Gasteiger partial charge in [0.1, 0.15) is 12.6 Å². The van der Waals surface area contributed by atoms with E-state index in [1.54, 1.807) is 30.3 Å². The largest absolute Gasteiger partial charge is 0.405 e. The molecule has 20 heavy (non-hydrogen) atoms. The van der Waals surface area contributed by atoms with Gasteiger partial charge in [-0.3, -0.25) is 9.69 Å². The third kappa shape index (κ3) is 4.85. The number of rotatable bonds is 6. The Bertz CT molecular complexity index is 416. The number of likely N-dealkylation sites (N-methyl/N-ethyl adjacent to an activating group) is 1. The first-order valence-electron chi connectivity index (χ1n) is 6.52. The van der Waals surface area contributed by atoms with Gasteiger partial charge in [0.15, 0.2) is 0 Å². The van der Waals surface area contributed by atoms with Crippen LogP contribution >= 0.6 is 0 Å². The zero-order chi connectivity index (χ0) is 15.2. The molecule has 0 bridgehead atoms. The predicted octanol–water partition coefficient (Wildman–Crippen LogP) is 2.75. The molecule has 0 aromatic heterocycles. The number of amides is 1. The van der Waals surface area contributed by atoms with Gasteiger partial charge < -0.3 is 5.32 Å². The van der Waals surface area contributed by atoms with Crippen LogP contribution in [0.15, 0.2) is 30.3 Å². The van der Waals surface area contributed by atoms with Crippen molar-refractivity contribution in [3.63, 3.8) is 0 Å². The Morgan fingerprint density at radius 3 is 2.20 bits per heavy atom. The van der Waals surface area contributed by atoms with Crippen LogP contribution in [0.2, 0.25) is 0 Å². The molecule has 0 aliphatic carbocycles. The topological polar surface area (TPSA) is 32.3 Å². The minimum absolute atomic E-state index is 0.579. The highest BCUT2D eigenvalue weighted by Crippen LogP contribution is 2.21. The van der Waals surface area contributed by atoms with Gasteiger partial charge in [-0.15, -0.1) is 0 Å². The molecule has 0 aliphatic rings. The van der Waals surface area contributed by atoms with Gasteiger partial charge in [0.25, 0.3) is 0 Å². The normalized spacial score (nSPS) is 13.3. The van der Waals surface area contributed by atoms with Crippen molar-refractivity contribution in [1.29, 1.82) is 0 Å². The Labute approximate surface area is 116 Å². The van der Waals surface area contributed by atoms with Crippen molar-refractivity contribution in [3.8, 4) is 0 Å². The maximum absolute atomic E-state index is 12.2. The molecule has 1 atom stereocenters. The van der Waals surface area contributed by atoms with Gasteiger partial charge in [0, 0.05) is 0 Å². The first-order valence-corrected chi connectivity index (χ1v) is 6.52. The van der Waals surface area contributed by atoms with E-state index in [0.29, 0.717) is 18.7 Å². The lowest BCUT2D eigenvalue weighted by Gasteiger charge is -2.29. The first-order chi connectivity index (χ1) is 9.39. The summed E-state index contributed by atoms with van der Waals surface area (Å²) in [5.74, 6) is -0.628. The molecule has 0 saturated heterocycles. The number of hydrogen-bond donors (Lipinski definition) is 1. The van der Waals surface area contributed by atoms with E-state index in [1.165, 1.54) is 0 Å². The molecule has 0 aliphatic heterocycles. The molecule has 0 unspecified atom stereocenters. The third-order valence-corrected chi connectivity index (χ3v) is 3.00. The molecular formula is C14H19F3N2O. The molecule has 1 amide bonds.